The van der Waals surface area contributed by atoms with E-state index in [1.165, 1.54) is 244 Å². The van der Waals surface area contributed by atoms with Gasteiger partial charge < -0.3 is 9.84 Å². The molecule has 0 aliphatic carbocycles. The third-order valence-electron chi connectivity index (χ3n) is 11.0. The van der Waals surface area contributed by atoms with E-state index >= 15 is 0 Å². The molecule has 1 unspecified atom stereocenters. The molecule has 0 rings (SSSR count). The second-order valence-corrected chi connectivity index (χ2v) is 16.0. The van der Waals surface area contributed by atoms with Crippen molar-refractivity contribution < 1.29 is 14.6 Å². The third-order valence-corrected chi connectivity index (χ3v) is 11.0. The van der Waals surface area contributed by atoms with E-state index in [2.05, 4.69) is 13.8 Å². The Kier molecular flexibility index (Phi) is 42.8. The number of unbranched alkanes of at least 4 members (excludes halogenated alkanes) is 38. The molecule has 0 saturated carbocycles. The van der Waals surface area contributed by atoms with Gasteiger partial charge in [-0.1, -0.05) is 258 Å². The molecule has 0 heterocycles. The van der Waals surface area contributed by atoms with Crippen LogP contribution in [0.4, 0.5) is 4.79 Å². The summed E-state index contributed by atoms with van der Waals surface area (Å²) in [5, 5.41) is 9.12. The summed E-state index contributed by atoms with van der Waals surface area (Å²) in [5.41, 5.74) is 0. The average Bonchev–Trinajstić information content (AvgIpc) is 3.09. The highest BCUT2D eigenvalue weighted by molar-refractivity contribution is 5.57. The number of rotatable bonds is 43. The summed E-state index contributed by atoms with van der Waals surface area (Å²) in [4.78, 5) is 11.1. The minimum Gasteiger partial charge on any atom is -0.450 e. The summed E-state index contributed by atoms with van der Waals surface area (Å²) in [5.74, 6) is 0. The smallest absolute Gasteiger partial charge is 0.450 e. The van der Waals surface area contributed by atoms with Crippen molar-refractivity contribution >= 4 is 6.16 Å². The van der Waals surface area contributed by atoms with Gasteiger partial charge in [-0.05, 0) is 25.7 Å². The first kappa shape index (κ1) is 48.3. The van der Waals surface area contributed by atoms with E-state index in [1.54, 1.807) is 0 Å². The molecule has 0 aromatic rings. The molecule has 0 radical (unpaired) electrons. The van der Waals surface area contributed by atoms with E-state index in [-0.39, 0.29) is 6.10 Å². The summed E-state index contributed by atoms with van der Waals surface area (Å²) < 4.78 is 5.21. The van der Waals surface area contributed by atoms with E-state index in [0.29, 0.717) is 0 Å². The van der Waals surface area contributed by atoms with Crippen LogP contribution in [0.15, 0.2) is 0 Å². The molecule has 1 N–H and O–H groups in total. The second-order valence-electron chi connectivity index (χ2n) is 16.0. The maximum Gasteiger partial charge on any atom is 0.506 e. The van der Waals surface area contributed by atoms with Crippen LogP contribution in [0.3, 0.4) is 0 Å². The zero-order valence-electron chi connectivity index (χ0n) is 34.0. The Morgan fingerprint density at radius 3 is 0.653 bits per heavy atom. The molecule has 0 bridgehead atoms. The fraction of sp³-hybridized carbons (Fsp3) is 0.978. The first-order valence-electron chi connectivity index (χ1n) is 23.1. The Morgan fingerprint density at radius 1 is 0.327 bits per heavy atom. The van der Waals surface area contributed by atoms with E-state index < -0.39 is 6.16 Å². The van der Waals surface area contributed by atoms with Crippen LogP contribution in [-0.2, 0) is 4.74 Å². The molecule has 49 heavy (non-hydrogen) atoms. The first-order valence-corrected chi connectivity index (χ1v) is 23.1. The number of carbonyl (C=O) groups is 1. The standard InChI is InChI=1S/C46H92O3/c1-3-5-7-9-11-13-14-15-16-17-18-19-20-21-22-23-24-25-26-27-28-29-30-31-32-33-34-36-38-40-42-44-45(49-46(47)48)43-41-39-37-35-12-10-8-6-4-2/h45H,3-44H2,1-2H3,(H,47,48). The average molecular weight is 693 g/mol. The van der Waals surface area contributed by atoms with Crippen LogP contribution in [-0.4, -0.2) is 17.4 Å². The second kappa shape index (κ2) is 43.4. The zero-order chi connectivity index (χ0) is 35.6. The van der Waals surface area contributed by atoms with E-state index in [1.807, 2.05) is 0 Å². The SMILES string of the molecule is CCCCCCCCCCCCCCCCCCCCCCCCCCCCCCCCCC(CCCCCCCCCCC)OC(=O)O. The van der Waals surface area contributed by atoms with Crippen molar-refractivity contribution in [1.29, 1.82) is 0 Å². The molecular weight excluding hydrogens is 601 g/mol. The lowest BCUT2D eigenvalue weighted by Gasteiger charge is -2.16. The molecule has 294 valence electrons. The predicted molar refractivity (Wildman–Crippen MR) is 218 cm³/mol. The summed E-state index contributed by atoms with van der Waals surface area (Å²) in [6, 6.07) is 0. The first-order chi connectivity index (χ1) is 24.2. The van der Waals surface area contributed by atoms with Gasteiger partial charge in [0.25, 0.3) is 0 Å². The van der Waals surface area contributed by atoms with Gasteiger partial charge in [0.15, 0.2) is 0 Å². The zero-order valence-corrected chi connectivity index (χ0v) is 34.0. The van der Waals surface area contributed by atoms with Crippen molar-refractivity contribution in [2.24, 2.45) is 0 Å². The van der Waals surface area contributed by atoms with Gasteiger partial charge in [0.05, 0.1) is 0 Å². The van der Waals surface area contributed by atoms with Crippen LogP contribution < -0.4 is 0 Å². The van der Waals surface area contributed by atoms with Crippen LogP contribution >= 0.6 is 0 Å². The lowest BCUT2D eigenvalue weighted by molar-refractivity contribution is 0.0422. The summed E-state index contributed by atoms with van der Waals surface area (Å²) in [6.07, 6.45) is 56.5. The number of carboxylic acid groups (broad SMARTS) is 1. The molecule has 0 aromatic carbocycles. The quantitative estimate of drug-likeness (QED) is 0.0511. The lowest BCUT2D eigenvalue weighted by Crippen LogP contribution is -2.16. The Hall–Kier alpha value is -0.730. The van der Waals surface area contributed by atoms with Gasteiger partial charge >= 0.3 is 6.16 Å². The van der Waals surface area contributed by atoms with Crippen LogP contribution in [0, 0.1) is 0 Å². The predicted octanol–water partition coefficient (Wildman–Crippen LogP) is 17.5. The van der Waals surface area contributed by atoms with Crippen molar-refractivity contribution in [2.75, 3.05) is 0 Å². The Labute approximate surface area is 309 Å². The van der Waals surface area contributed by atoms with Gasteiger partial charge in [0, 0.05) is 0 Å². The minimum absolute atomic E-state index is 0.0919. The minimum atomic E-state index is -1.10. The highest BCUT2D eigenvalue weighted by Crippen LogP contribution is 2.19. The summed E-state index contributed by atoms with van der Waals surface area (Å²) in [6.45, 7) is 4.57. The van der Waals surface area contributed by atoms with Gasteiger partial charge in [-0.2, -0.15) is 0 Å². The van der Waals surface area contributed by atoms with E-state index in [4.69, 9.17) is 9.84 Å². The van der Waals surface area contributed by atoms with E-state index in [9.17, 15) is 4.79 Å². The van der Waals surface area contributed by atoms with Crippen LogP contribution in [0.1, 0.15) is 284 Å². The molecule has 0 aromatic heterocycles. The third kappa shape index (κ3) is 43.4. The molecule has 0 spiro atoms. The maximum atomic E-state index is 11.1. The molecule has 3 nitrogen and oxygen atoms in total. The van der Waals surface area contributed by atoms with Gasteiger partial charge in [0.1, 0.15) is 6.10 Å². The van der Waals surface area contributed by atoms with Crippen LogP contribution in [0.2, 0.25) is 0 Å². The van der Waals surface area contributed by atoms with Crippen molar-refractivity contribution in [3.05, 3.63) is 0 Å². The highest BCUT2D eigenvalue weighted by Gasteiger charge is 2.13. The van der Waals surface area contributed by atoms with Gasteiger partial charge in [-0.15, -0.1) is 0 Å². The van der Waals surface area contributed by atoms with Crippen molar-refractivity contribution in [2.45, 2.75) is 290 Å². The molecule has 0 amide bonds. The highest BCUT2D eigenvalue weighted by atomic mass is 16.7. The molecular formula is C46H92O3. The summed E-state index contributed by atoms with van der Waals surface area (Å²) in [7, 11) is 0. The molecule has 3 heteroatoms. The summed E-state index contributed by atoms with van der Waals surface area (Å²) >= 11 is 0. The molecule has 0 fully saturated rings. The van der Waals surface area contributed by atoms with Crippen LogP contribution in [0.25, 0.3) is 0 Å². The Balaban J connectivity index is 3.29. The van der Waals surface area contributed by atoms with Crippen molar-refractivity contribution in [3.8, 4) is 0 Å². The monoisotopic (exact) mass is 693 g/mol. The topological polar surface area (TPSA) is 46.5 Å². The normalized spacial score (nSPS) is 12.1. The van der Waals surface area contributed by atoms with Crippen molar-refractivity contribution in [1.82, 2.24) is 0 Å². The molecule has 1 atom stereocenters. The number of hydrogen-bond acceptors (Lipinski definition) is 2. The Morgan fingerprint density at radius 2 is 0.490 bits per heavy atom. The van der Waals surface area contributed by atoms with Gasteiger partial charge in [-0.3, -0.25) is 0 Å². The molecule has 0 aliphatic rings. The number of hydrogen-bond donors (Lipinski definition) is 1. The fourth-order valence-corrected chi connectivity index (χ4v) is 7.66. The maximum absolute atomic E-state index is 11.1. The fourth-order valence-electron chi connectivity index (χ4n) is 7.66. The number of ether oxygens (including phenoxy) is 1. The van der Waals surface area contributed by atoms with Crippen molar-refractivity contribution in [3.63, 3.8) is 0 Å². The van der Waals surface area contributed by atoms with Gasteiger partial charge in [0.2, 0.25) is 0 Å². The molecule has 0 saturated heterocycles. The van der Waals surface area contributed by atoms with E-state index in [0.717, 1.165) is 25.7 Å². The Bertz CT molecular complexity index is 605. The van der Waals surface area contributed by atoms with Gasteiger partial charge in [-0.25, -0.2) is 4.79 Å². The van der Waals surface area contributed by atoms with Crippen LogP contribution in [0.5, 0.6) is 0 Å². The lowest BCUT2D eigenvalue weighted by atomic mass is 10.0. The molecule has 0 aliphatic heterocycles. The largest absolute Gasteiger partial charge is 0.506 e.